The fourth-order valence-corrected chi connectivity index (χ4v) is 2.99. The Balaban J connectivity index is 2.31. The highest BCUT2D eigenvalue weighted by atomic mass is 79.9. The molecule has 0 aliphatic heterocycles. The number of hydrogen-bond acceptors (Lipinski definition) is 4. The van der Waals surface area contributed by atoms with E-state index in [9.17, 15) is 4.79 Å². The lowest BCUT2D eigenvalue weighted by Gasteiger charge is -2.25. The molecular formula is C14H23BrN2O2S. The zero-order valence-electron chi connectivity index (χ0n) is 12.7. The van der Waals surface area contributed by atoms with Crippen LogP contribution in [0.3, 0.4) is 0 Å². The van der Waals surface area contributed by atoms with Gasteiger partial charge in [-0.25, -0.2) is 4.79 Å². The highest BCUT2D eigenvalue weighted by Gasteiger charge is 2.19. The molecule has 0 saturated carbocycles. The molecule has 1 rings (SSSR count). The van der Waals surface area contributed by atoms with Crippen LogP contribution in [0, 0.1) is 0 Å². The first-order chi connectivity index (χ1) is 9.19. The third-order valence-electron chi connectivity index (χ3n) is 2.62. The summed E-state index contributed by atoms with van der Waals surface area (Å²) < 4.78 is 6.43. The first-order valence-corrected chi connectivity index (χ1v) is 8.23. The zero-order chi connectivity index (χ0) is 15.3. The third-order valence-corrected chi connectivity index (χ3v) is 4.43. The summed E-state index contributed by atoms with van der Waals surface area (Å²) in [6, 6.07) is 4.42. The van der Waals surface area contributed by atoms with Crippen LogP contribution in [0.25, 0.3) is 0 Å². The van der Waals surface area contributed by atoms with E-state index in [4.69, 9.17) is 4.74 Å². The molecule has 1 heterocycles. The van der Waals surface area contributed by atoms with Crippen LogP contribution in [0.15, 0.2) is 15.9 Å². The molecule has 4 nitrogen and oxygen atoms in total. The van der Waals surface area contributed by atoms with Gasteiger partial charge in [-0.2, -0.15) is 0 Å². The number of ether oxygens (including phenoxy) is 1. The molecule has 114 valence electrons. The SMILES string of the molecule is CC(NCCN(C)C(=O)OC(C)(C)C)c1ccc(Br)s1. The number of nitrogens with zero attached hydrogens (tertiary/aromatic N) is 1. The molecule has 1 unspecified atom stereocenters. The first-order valence-electron chi connectivity index (χ1n) is 6.62. The molecule has 1 aromatic rings. The minimum Gasteiger partial charge on any atom is -0.444 e. The summed E-state index contributed by atoms with van der Waals surface area (Å²) in [4.78, 5) is 14.6. The molecule has 6 heteroatoms. The maximum absolute atomic E-state index is 11.8. The molecule has 0 aliphatic rings. The van der Waals surface area contributed by atoms with Crippen molar-refractivity contribution in [1.29, 1.82) is 0 Å². The van der Waals surface area contributed by atoms with Crippen LogP contribution >= 0.6 is 27.3 Å². The van der Waals surface area contributed by atoms with Gasteiger partial charge < -0.3 is 15.0 Å². The highest BCUT2D eigenvalue weighted by Crippen LogP contribution is 2.26. The van der Waals surface area contributed by atoms with Gasteiger partial charge in [0, 0.05) is 31.1 Å². The van der Waals surface area contributed by atoms with Crippen molar-refractivity contribution in [3.63, 3.8) is 0 Å². The average Bonchev–Trinajstić information content (AvgIpc) is 2.73. The zero-order valence-corrected chi connectivity index (χ0v) is 15.1. The summed E-state index contributed by atoms with van der Waals surface area (Å²) in [5.74, 6) is 0. The molecule has 0 radical (unpaired) electrons. The van der Waals surface area contributed by atoms with E-state index in [1.54, 1.807) is 23.3 Å². The van der Waals surface area contributed by atoms with Gasteiger partial charge >= 0.3 is 6.09 Å². The molecule has 0 spiro atoms. The predicted molar refractivity (Wildman–Crippen MR) is 87.3 cm³/mol. The first kappa shape index (κ1) is 17.5. The van der Waals surface area contributed by atoms with Crippen LogP contribution in [0.4, 0.5) is 4.79 Å². The van der Waals surface area contributed by atoms with Crippen LogP contribution in [-0.2, 0) is 4.74 Å². The molecular weight excluding hydrogens is 340 g/mol. The quantitative estimate of drug-likeness (QED) is 0.859. The van der Waals surface area contributed by atoms with Crippen molar-refractivity contribution in [1.82, 2.24) is 10.2 Å². The molecule has 0 fully saturated rings. The highest BCUT2D eigenvalue weighted by molar-refractivity contribution is 9.11. The lowest BCUT2D eigenvalue weighted by atomic mass is 10.2. The Hall–Kier alpha value is -0.590. The summed E-state index contributed by atoms with van der Waals surface area (Å²) in [7, 11) is 1.75. The van der Waals surface area contributed by atoms with Gasteiger partial charge in [0.2, 0.25) is 0 Å². The fourth-order valence-electron chi connectivity index (χ4n) is 1.54. The molecule has 0 bridgehead atoms. The topological polar surface area (TPSA) is 41.6 Å². The van der Waals surface area contributed by atoms with Crippen LogP contribution in [-0.4, -0.2) is 36.7 Å². The largest absolute Gasteiger partial charge is 0.444 e. The number of amides is 1. The standard InChI is InChI=1S/C14H23BrN2O2S/c1-10(11-6-7-12(15)20-11)16-8-9-17(5)13(18)19-14(2,3)4/h6-7,10,16H,8-9H2,1-5H3. The van der Waals surface area contributed by atoms with Gasteiger partial charge in [-0.05, 0) is 55.8 Å². The molecule has 1 amide bonds. The molecule has 20 heavy (non-hydrogen) atoms. The molecule has 1 aromatic heterocycles. The summed E-state index contributed by atoms with van der Waals surface area (Å²) in [6.07, 6.45) is -0.286. The number of nitrogens with one attached hydrogen (secondary N) is 1. The summed E-state index contributed by atoms with van der Waals surface area (Å²) in [5.41, 5.74) is -0.449. The van der Waals surface area contributed by atoms with Crippen molar-refractivity contribution >= 4 is 33.4 Å². The minimum absolute atomic E-state index is 0.276. The number of likely N-dealkylation sites (N-methyl/N-ethyl adjacent to an activating group) is 1. The Labute approximate surface area is 133 Å². The molecule has 1 N–H and O–H groups in total. The lowest BCUT2D eigenvalue weighted by Crippen LogP contribution is -2.38. The normalized spacial score (nSPS) is 13.1. The van der Waals surface area contributed by atoms with Crippen molar-refractivity contribution in [2.75, 3.05) is 20.1 Å². The number of rotatable bonds is 5. The van der Waals surface area contributed by atoms with Crippen molar-refractivity contribution < 1.29 is 9.53 Å². The van der Waals surface area contributed by atoms with Crippen molar-refractivity contribution in [2.45, 2.75) is 39.3 Å². The van der Waals surface area contributed by atoms with Crippen molar-refractivity contribution in [3.05, 3.63) is 20.8 Å². The Kier molecular flexibility index (Phi) is 6.48. The van der Waals surface area contributed by atoms with E-state index in [0.717, 1.165) is 10.3 Å². The van der Waals surface area contributed by atoms with Crippen LogP contribution < -0.4 is 5.32 Å². The van der Waals surface area contributed by atoms with E-state index in [1.807, 2.05) is 26.8 Å². The maximum atomic E-state index is 11.8. The van der Waals surface area contributed by atoms with E-state index in [-0.39, 0.29) is 12.1 Å². The summed E-state index contributed by atoms with van der Waals surface area (Å²) >= 11 is 5.18. The second-order valence-electron chi connectivity index (χ2n) is 5.72. The molecule has 1 atom stereocenters. The Morgan fingerprint density at radius 3 is 2.65 bits per heavy atom. The summed E-state index contributed by atoms with van der Waals surface area (Å²) in [5, 5.41) is 3.40. The fraction of sp³-hybridized carbons (Fsp3) is 0.643. The third kappa shape index (κ3) is 6.24. The summed E-state index contributed by atoms with van der Waals surface area (Å²) in [6.45, 7) is 9.07. The van der Waals surface area contributed by atoms with E-state index < -0.39 is 5.60 Å². The number of thiophene rings is 1. The molecule has 0 aliphatic carbocycles. The van der Waals surface area contributed by atoms with Gasteiger partial charge in [0.05, 0.1) is 3.79 Å². The van der Waals surface area contributed by atoms with Gasteiger partial charge in [-0.15, -0.1) is 11.3 Å². The van der Waals surface area contributed by atoms with E-state index in [1.165, 1.54) is 4.88 Å². The lowest BCUT2D eigenvalue weighted by molar-refractivity contribution is 0.0299. The number of carbonyl (C=O) groups is 1. The number of halogens is 1. The van der Waals surface area contributed by atoms with Crippen LogP contribution in [0.1, 0.15) is 38.6 Å². The smallest absolute Gasteiger partial charge is 0.410 e. The Morgan fingerprint density at radius 1 is 1.50 bits per heavy atom. The van der Waals surface area contributed by atoms with E-state index >= 15 is 0 Å². The minimum atomic E-state index is -0.449. The predicted octanol–water partition coefficient (Wildman–Crippen LogP) is 4.03. The monoisotopic (exact) mass is 362 g/mol. The molecule has 0 aromatic carbocycles. The Morgan fingerprint density at radius 2 is 2.15 bits per heavy atom. The maximum Gasteiger partial charge on any atom is 0.410 e. The second kappa shape index (κ2) is 7.43. The number of hydrogen-bond donors (Lipinski definition) is 1. The van der Waals surface area contributed by atoms with E-state index in [0.29, 0.717) is 6.54 Å². The molecule has 0 saturated heterocycles. The van der Waals surface area contributed by atoms with Crippen LogP contribution in [0.5, 0.6) is 0 Å². The van der Waals surface area contributed by atoms with Crippen molar-refractivity contribution in [2.24, 2.45) is 0 Å². The Bertz CT molecular complexity index is 443. The number of carbonyl (C=O) groups excluding carboxylic acids is 1. The van der Waals surface area contributed by atoms with E-state index in [2.05, 4.69) is 34.2 Å². The second-order valence-corrected chi connectivity index (χ2v) is 8.21. The van der Waals surface area contributed by atoms with Crippen LogP contribution in [0.2, 0.25) is 0 Å². The van der Waals surface area contributed by atoms with Gasteiger partial charge in [0.1, 0.15) is 5.60 Å². The average molecular weight is 363 g/mol. The van der Waals surface area contributed by atoms with Gasteiger partial charge in [-0.3, -0.25) is 0 Å². The van der Waals surface area contributed by atoms with Gasteiger partial charge in [0.15, 0.2) is 0 Å². The van der Waals surface area contributed by atoms with Gasteiger partial charge in [-0.1, -0.05) is 0 Å². The van der Waals surface area contributed by atoms with Gasteiger partial charge in [0.25, 0.3) is 0 Å². The van der Waals surface area contributed by atoms with Crippen molar-refractivity contribution in [3.8, 4) is 0 Å².